The largest absolute Gasteiger partial charge is 0.381 e. The highest BCUT2D eigenvalue weighted by Gasteiger charge is 2.27. The fourth-order valence-corrected chi connectivity index (χ4v) is 1.84. The third-order valence-corrected chi connectivity index (χ3v) is 2.84. The minimum atomic E-state index is 0.302. The second-order valence-electron chi connectivity index (χ2n) is 3.45. The van der Waals surface area contributed by atoms with Crippen molar-refractivity contribution in [2.24, 2.45) is 5.92 Å². The average Bonchev–Trinajstić information content (AvgIpc) is 1.88. The summed E-state index contributed by atoms with van der Waals surface area (Å²) in [6, 6.07) is 0. The molecule has 0 aromatic heterocycles. The van der Waals surface area contributed by atoms with Gasteiger partial charge in [-0.05, 0) is 32.6 Å². The highest BCUT2D eigenvalue weighted by molar-refractivity contribution is 9.10. The Balaban J connectivity index is 2.39. The SMILES string of the molecule is CC(C)(Br)C1CCOCC1. The van der Waals surface area contributed by atoms with Crippen molar-refractivity contribution in [3.05, 3.63) is 0 Å². The van der Waals surface area contributed by atoms with Crippen LogP contribution < -0.4 is 0 Å². The molecule has 0 radical (unpaired) electrons. The van der Waals surface area contributed by atoms with Crippen LogP contribution in [0.15, 0.2) is 0 Å². The molecule has 0 spiro atoms. The Hall–Kier alpha value is 0.440. The molecule has 1 fully saturated rings. The standard InChI is InChI=1S/C8H15BrO/c1-8(2,9)7-3-5-10-6-4-7/h7H,3-6H2,1-2H3. The molecule has 1 nitrogen and oxygen atoms in total. The van der Waals surface area contributed by atoms with Crippen LogP contribution in [0, 0.1) is 5.92 Å². The first-order chi connectivity index (χ1) is 4.61. The lowest BCUT2D eigenvalue weighted by Gasteiger charge is -2.31. The quantitative estimate of drug-likeness (QED) is 0.600. The lowest BCUT2D eigenvalue weighted by Crippen LogP contribution is -2.29. The third kappa shape index (κ3) is 2.24. The van der Waals surface area contributed by atoms with Crippen LogP contribution in [0.2, 0.25) is 0 Å². The predicted octanol–water partition coefficient (Wildman–Crippen LogP) is 2.59. The van der Waals surface area contributed by atoms with E-state index in [1.807, 2.05) is 0 Å². The van der Waals surface area contributed by atoms with Gasteiger partial charge in [0.1, 0.15) is 0 Å². The van der Waals surface area contributed by atoms with Crippen LogP contribution in [0.1, 0.15) is 26.7 Å². The van der Waals surface area contributed by atoms with Gasteiger partial charge in [-0.25, -0.2) is 0 Å². The highest BCUT2D eigenvalue weighted by atomic mass is 79.9. The Morgan fingerprint density at radius 3 is 2.10 bits per heavy atom. The van der Waals surface area contributed by atoms with Gasteiger partial charge in [0, 0.05) is 17.5 Å². The zero-order valence-electron chi connectivity index (χ0n) is 6.69. The van der Waals surface area contributed by atoms with Crippen molar-refractivity contribution in [3.63, 3.8) is 0 Å². The number of hydrogen-bond donors (Lipinski definition) is 0. The molecule has 60 valence electrons. The van der Waals surface area contributed by atoms with E-state index in [4.69, 9.17) is 4.74 Å². The lowest BCUT2D eigenvalue weighted by atomic mass is 9.89. The summed E-state index contributed by atoms with van der Waals surface area (Å²) >= 11 is 3.68. The first-order valence-corrected chi connectivity index (χ1v) is 4.66. The monoisotopic (exact) mass is 206 g/mol. The van der Waals surface area contributed by atoms with Crippen LogP contribution in [0.3, 0.4) is 0 Å². The van der Waals surface area contributed by atoms with Gasteiger partial charge in [0.25, 0.3) is 0 Å². The van der Waals surface area contributed by atoms with Crippen LogP contribution in [-0.4, -0.2) is 17.5 Å². The fraction of sp³-hybridized carbons (Fsp3) is 1.00. The predicted molar refractivity (Wildman–Crippen MR) is 46.5 cm³/mol. The molecule has 0 amide bonds. The van der Waals surface area contributed by atoms with Gasteiger partial charge in [-0.15, -0.1) is 0 Å². The van der Waals surface area contributed by atoms with Crippen LogP contribution in [-0.2, 0) is 4.74 Å². The molecule has 1 aliphatic heterocycles. The number of halogens is 1. The third-order valence-electron chi connectivity index (χ3n) is 2.19. The molecule has 0 saturated carbocycles. The average molecular weight is 207 g/mol. The van der Waals surface area contributed by atoms with Crippen LogP contribution in [0.25, 0.3) is 0 Å². The maximum Gasteiger partial charge on any atom is 0.0469 e. The number of alkyl halides is 1. The summed E-state index contributed by atoms with van der Waals surface area (Å²) in [7, 11) is 0. The van der Waals surface area contributed by atoms with Gasteiger partial charge < -0.3 is 4.74 Å². The number of hydrogen-bond acceptors (Lipinski definition) is 1. The maximum absolute atomic E-state index is 5.27. The lowest BCUT2D eigenvalue weighted by molar-refractivity contribution is 0.0584. The van der Waals surface area contributed by atoms with Gasteiger partial charge in [-0.3, -0.25) is 0 Å². The Bertz CT molecular complexity index is 100. The first-order valence-electron chi connectivity index (χ1n) is 3.87. The summed E-state index contributed by atoms with van der Waals surface area (Å²) in [6.07, 6.45) is 2.41. The molecule has 1 heterocycles. The second kappa shape index (κ2) is 3.22. The molecule has 0 aliphatic carbocycles. The molecular formula is C8H15BrO. The molecule has 0 bridgehead atoms. The van der Waals surface area contributed by atoms with E-state index in [0.29, 0.717) is 4.32 Å². The van der Waals surface area contributed by atoms with Crippen molar-refractivity contribution in [2.45, 2.75) is 31.0 Å². The molecule has 1 aliphatic rings. The van der Waals surface area contributed by atoms with E-state index in [-0.39, 0.29) is 0 Å². The number of ether oxygens (including phenoxy) is 1. The van der Waals surface area contributed by atoms with E-state index in [1.165, 1.54) is 12.8 Å². The van der Waals surface area contributed by atoms with Gasteiger partial charge in [0.15, 0.2) is 0 Å². The Morgan fingerprint density at radius 1 is 1.30 bits per heavy atom. The molecule has 0 aromatic rings. The smallest absolute Gasteiger partial charge is 0.0469 e. The van der Waals surface area contributed by atoms with E-state index in [9.17, 15) is 0 Å². The Kier molecular flexibility index (Phi) is 2.75. The second-order valence-corrected chi connectivity index (χ2v) is 5.49. The summed E-state index contributed by atoms with van der Waals surface area (Å²) in [5, 5.41) is 0. The molecule has 2 heteroatoms. The van der Waals surface area contributed by atoms with Gasteiger partial charge in [-0.2, -0.15) is 0 Å². The molecular weight excluding hydrogens is 192 g/mol. The topological polar surface area (TPSA) is 9.23 Å². The van der Waals surface area contributed by atoms with Crippen molar-refractivity contribution in [2.75, 3.05) is 13.2 Å². The Labute approximate surface area is 71.3 Å². The summed E-state index contributed by atoms with van der Waals surface area (Å²) < 4.78 is 5.58. The molecule has 0 unspecified atom stereocenters. The minimum absolute atomic E-state index is 0.302. The zero-order valence-corrected chi connectivity index (χ0v) is 8.28. The van der Waals surface area contributed by atoms with Crippen LogP contribution in [0.4, 0.5) is 0 Å². The van der Waals surface area contributed by atoms with Gasteiger partial charge in [0.05, 0.1) is 0 Å². The molecule has 0 atom stereocenters. The first kappa shape index (κ1) is 8.54. The summed E-state index contributed by atoms with van der Waals surface area (Å²) in [6.45, 7) is 6.37. The molecule has 0 N–H and O–H groups in total. The summed E-state index contributed by atoms with van der Waals surface area (Å²) in [5.41, 5.74) is 0. The van der Waals surface area contributed by atoms with Crippen molar-refractivity contribution in [1.82, 2.24) is 0 Å². The van der Waals surface area contributed by atoms with Crippen molar-refractivity contribution in [3.8, 4) is 0 Å². The van der Waals surface area contributed by atoms with E-state index < -0.39 is 0 Å². The maximum atomic E-state index is 5.27. The van der Waals surface area contributed by atoms with E-state index in [0.717, 1.165) is 19.1 Å². The zero-order chi connectivity index (χ0) is 7.61. The normalized spacial score (nSPS) is 23.1. The van der Waals surface area contributed by atoms with Crippen LogP contribution in [0.5, 0.6) is 0 Å². The highest BCUT2D eigenvalue weighted by Crippen LogP contribution is 2.33. The van der Waals surface area contributed by atoms with Gasteiger partial charge in [-0.1, -0.05) is 15.9 Å². The molecule has 1 saturated heterocycles. The van der Waals surface area contributed by atoms with E-state index in [2.05, 4.69) is 29.8 Å². The molecule has 1 rings (SSSR count). The minimum Gasteiger partial charge on any atom is -0.381 e. The van der Waals surface area contributed by atoms with E-state index in [1.54, 1.807) is 0 Å². The van der Waals surface area contributed by atoms with Crippen molar-refractivity contribution in [1.29, 1.82) is 0 Å². The van der Waals surface area contributed by atoms with Crippen molar-refractivity contribution >= 4 is 15.9 Å². The fourth-order valence-electron chi connectivity index (χ4n) is 1.38. The Morgan fingerprint density at radius 2 is 1.80 bits per heavy atom. The summed E-state index contributed by atoms with van der Waals surface area (Å²) in [5.74, 6) is 0.793. The van der Waals surface area contributed by atoms with Crippen molar-refractivity contribution < 1.29 is 4.74 Å². The number of rotatable bonds is 1. The molecule has 0 aromatic carbocycles. The summed E-state index contributed by atoms with van der Waals surface area (Å²) in [4.78, 5) is 0. The van der Waals surface area contributed by atoms with Crippen LogP contribution >= 0.6 is 15.9 Å². The van der Waals surface area contributed by atoms with E-state index >= 15 is 0 Å². The molecule has 10 heavy (non-hydrogen) atoms. The van der Waals surface area contributed by atoms with Gasteiger partial charge in [0.2, 0.25) is 0 Å². The van der Waals surface area contributed by atoms with Gasteiger partial charge >= 0.3 is 0 Å².